The van der Waals surface area contributed by atoms with Crippen LogP contribution in [0.5, 0.6) is 17.2 Å². The summed E-state index contributed by atoms with van der Waals surface area (Å²) in [4.78, 5) is 12.0. The monoisotopic (exact) mass is 304 g/mol. The molecule has 0 saturated heterocycles. The van der Waals surface area contributed by atoms with E-state index in [0.29, 0.717) is 5.92 Å². The first-order valence-corrected chi connectivity index (χ1v) is 7.41. The first kappa shape index (κ1) is 14.8. The zero-order chi connectivity index (χ0) is 16.1. The molecule has 4 rings (SSSR count). The van der Waals surface area contributed by atoms with Crippen LogP contribution < -0.4 is 0 Å². The van der Waals surface area contributed by atoms with Crippen LogP contribution in [0.25, 0.3) is 0 Å². The molecule has 3 aliphatic rings. The average molecular weight is 304 g/mol. The van der Waals surface area contributed by atoms with Crippen LogP contribution >= 0.6 is 0 Å². The van der Waals surface area contributed by atoms with Gasteiger partial charge in [0.25, 0.3) is 0 Å². The molecular formula is C17H20O5. The van der Waals surface area contributed by atoms with Crippen molar-refractivity contribution < 1.29 is 24.9 Å². The van der Waals surface area contributed by atoms with Crippen molar-refractivity contribution in [3.05, 3.63) is 29.3 Å². The third kappa shape index (κ3) is 2.21. The summed E-state index contributed by atoms with van der Waals surface area (Å²) in [6.45, 7) is 4.72. The van der Waals surface area contributed by atoms with E-state index in [4.69, 9.17) is 4.74 Å². The van der Waals surface area contributed by atoms with E-state index in [1.807, 2.05) is 0 Å². The lowest BCUT2D eigenvalue weighted by Gasteiger charge is -2.56. The predicted molar refractivity (Wildman–Crippen MR) is 79.8 cm³/mol. The van der Waals surface area contributed by atoms with Gasteiger partial charge < -0.3 is 20.1 Å². The maximum atomic E-state index is 12.0. The topological polar surface area (TPSA) is 87.0 Å². The Morgan fingerprint density at radius 3 is 2.45 bits per heavy atom. The molecule has 1 fully saturated rings. The SMILES string of the molecule is CC1(C)C2CC=C(COC(=O)c3cc(O)c(O)c(O)c3)C1C2. The van der Waals surface area contributed by atoms with Crippen LogP contribution in [0.3, 0.4) is 0 Å². The Kier molecular flexibility index (Phi) is 3.31. The van der Waals surface area contributed by atoms with Gasteiger partial charge in [-0.1, -0.05) is 19.9 Å². The van der Waals surface area contributed by atoms with Gasteiger partial charge in [0.1, 0.15) is 6.61 Å². The minimum Gasteiger partial charge on any atom is -0.504 e. The van der Waals surface area contributed by atoms with Gasteiger partial charge in [0, 0.05) is 0 Å². The highest BCUT2D eigenvalue weighted by atomic mass is 16.5. The smallest absolute Gasteiger partial charge is 0.338 e. The summed E-state index contributed by atoms with van der Waals surface area (Å²) in [6.07, 6.45) is 4.33. The fourth-order valence-corrected chi connectivity index (χ4v) is 3.59. The van der Waals surface area contributed by atoms with E-state index in [-0.39, 0.29) is 17.6 Å². The van der Waals surface area contributed by atoms with Crippen molar-refractivity contribution in [3.63, 3.8) is 0 Å². The standard InChI is InChI=1S/C17H20O5/c1-17(2)11-4-3-9(12(17)7-11)8-22-16(21)10-5-13(18)15(20)14(19)6-10/h3,5-6,11-12,18-20H,4,7-8H2,1-2H3. The van der Waals surface area contributed by atoms with E-state index >= 15 is 0 Å². The molecule has 3 N–H and O–H groups in total. The number of allylic oxidation sites excluding steroid dienone is 1. The van der Waals surface area contributed by atoms with Crippen molar-refractivity contribution in [1.82, 2.24) is 0 Å². The summed E-state index contributed by atoms with van der Waals surface area (Å²) in [5.41, 5.74) is 1.42. The normalized spacial score (nSPS) is 25.1. The van der Waals surface area contributed by atoms with Gasteiger partial charge in [0.2, 0.25) is 0 Å². The minimum atomic E-state index is -0.645. The molecule has 118 valence electrons. The number of esters is 1. The molecule has 22 heavy (non-hydrogen) atoms. The first-order chi connectivity index (χ1) is 10.3. The molecule has 0 heterocycles. The van der Waals surface area contributed by atoms with Gasteiger partial charge in [0.05, 0.1) is 5.56 Å². The van der Waals surface area contributed by atoms with E-state index in [9.17, 15) is 20.1 Å². The number of carbonyl (C=O) groups is 1. The number of phenols is 3. The number of carbonyl (C=O) groups excluding carboxylic acids is 1. The Morgan fingerprint density at radius 1 is 1.27 bits per heavy atom. The second-order valence-electron chi connectivity index (χ2n) is 6.76. The third-order valence-corrected chi connectivity index (χ3v) is 5.26. The Bertz CT molecular complexity index is 636. The number of fused-ring (bicyclic) bond motifs is 1. The lowest BCUT2D eigenvalue weighted by atomic mass is 9.49. The largest absolute Gasteiger partial charge is 0.504 e. The summed E-state index contributed by atoms with van der Waals surface area (Å²) in [7, 11) is 0. The van der Waals surface area contributed by atoms with E-state index in [2.05, 4.69) is 19.9 Å². The molecule has 3 aliphatic carbocycles. The van der Waals surface area contributed by atoms with Crippen molar-refractivity contribution >= 4 is 5.97 Å². The molecule has 5 heteroatoms. The summed E-state index contributed by atoms with van der Waals surface area (Å²) in [5, 5.41) is 28.2. The van der Waals surface area contributed by atoms with Crippen LogP contribution in [-0.2, 0) is 4.74 Å². The molecule has 5 nitrogen and oxygen atoms in total. The average Bonchev–Trinajstić information content (AvgIpc) is 2.49. The minimum absolute atomic E-state index is 0.00922. The summed E-state index contributed by atoms with van der Waals surface area (Å²) in [6, 6.07) is 2.16. The molecular weight excluding hydrogens is 284 g/mol. The third-order valence-electron chi connectivity index (χ3n) is 5.26. The fourth-order valence-electron chi connectivity index (χ4n) is 3.59. The van der Waals surface area contributed by atoms with E-state index in [1.54, 1.807) is 0 Å². The second-order valence-corrected chi connectivity index (χ2v) is 6.76. The molecule has 0 radical (unpaired) electrons. The van der Waals surface area contributed by atoms with Crippen LogP contribution in [0.15, 0.2) is 23.8 Å². The highest BCUT2D eigenvalue weighted by Crippen LogP contribution is 2.59. The quantitative estimate of drug-likeness (QED) is 0.454. The number of benzene rings is 1. The van der Waals surface area contributed by atoms with Crippen LogP contribution in [0, 0.1) is 17.3 Å². The summed E-state index contributed by atoms with van der Waals surface area (Å²) in [5.74, 6) is -1.19. The van der Waals surface area contributed by atoms with Gasteiger partial charge in [-0.3, -0.25) is 0 Å². The van der Waals surface area contributed by atoms with Crippen LogP contribution in [-0.4, -0.2) is 27.9 Å². The number of ether oxygens (including phenoxy) is 1. The molecule has 1 aromatic carbocycles. The maximum absolute atomic E-state index is 12.0. The fraction of sp³-hybridized carbons (Fsp3) is 0.471. The first-order valence-electron chi connectivity index (χ1n) is 7.41. The summed E-state index contributed by atoms with van der Waals surface area (Å²) >= 11 is 0. The highest BCUT2D eigenvalue weighted by molar-refractivity contribution is 5.91. The van der Waals surface area contributed by atoms with E-state index in [1.165, 1.54) is 0 Å². The van der Waals surface area contributed by atoms with Crippen molar-refractivity contribution in [2.45, 2.75) is 26.7 Å². The number of hydrogen-bond donors (Lipinski definition) is 3. The number of hydrogen-bond acceptors (Lipinski definition) is 5. The molecule has 1 saturated carbocycles. The van der Waals surface area contributed by atoms with Crippen molar-refractivity contribution in [1.29, 1.82) is 0 Å². The predicted octanol–water partition coefficient (Wildman–Crippen LogP) is 2.95. The molecule has 0 amide bonds. The van der Waals surface area contributed by atoms with Crippen LogP contribution in [0.1, 0.15) is 37.0 Å². The van der Waals surface area contributed by atoms with Gasteiger partial charge >= 0.3 is 5.97 Å². The zero-order valence-electron chi connectivity index (χ0n) is 12.7. The van der Waals surface area contributed by atoms with Crippen molar-refractivity contribution in [2.24, 2.45) is 17.3 Å². The number of aromatic hydroxyl groups is 3. The van der Waals surface area contributed by atoms with Crippen molar-refractivity contribution in [2.75, 3.05) is 6.61 Å². The molecule has 1 aromatic rings. The van der Waals surface area contributed by atoms with Crippen LogP contribution in [0.2, 0.25) is 0 Å². The Labute approximate surface area is 128 Å². The van der Waals surface area contributed by atoms with Gasteiger partial charge in [-0.25, -0.2) is 4.79 Å². The van der Waals surface area contributed by atoms with E-state index in [0.717, 1.165) is 36.5 Å². The summed E-state index contributed by atoms with van der Waals surface area (Å²) < 4.78 is 5.29. The molecule has 2 bridgehead atoms. The Morgan fingerprint density at radius 2 is 1.91 bits per heavy atom. The zero-order valence-corrected chi connectivity index (χ0v) is 12.7. The molecule has 0 spiro atoms. The second kappa shape index (κ2) is 4.93. The molecule has 2 atom stereocenters. The lowest BCUT2D eigenvalue weighted by molar-refractivity contribution is -0.0155. The number of phenolic OH excluding ortho intramolecular Hbond substituents is 3. The molecule has 0 aromatic heterocycles. The van der Waals surface area contributed by atoms with Crippen molar-refractivity contribution in [3.8, 4) is 17.2 Å². The van der Waals surface area contributed by atoms with E-state index < -0.39 is 23.2 Å². The van der Waals surface area contributed by atoms with Gasteiger partial charge in [-0.15, -0.1) is 0 Å². The highest BCUT2D eigenvalue weighted by Gasteiger charge is 2.51. The Balaban J connectivity index is 1.67. The molecule has 0 aliphatic heterocycles. The van der Waals surface area contributed by atoms with Crippen LogP contribution in [0.4, 0.5) is 0 Å². The van der Waals surface area contributed by atoms with Gasteiger partial charge in [0.15, 0.2) is 17.2 Å². The molecule has 2 unspecified atom stereocenters. The van der Waals surface area contributed by atoms with Gasteiger partial charge in [-0.2, -0.15) is 0 Å². The van der Waals surface area contributed by atoms with Gasteiger partial charge in [-0.05, 0) is 47.8 Å². The maximum Gasteiger partial charge on any atom is 0.338 e. The lowest BCUT2D eigenvalue weighted by Crippen LogP contribution is -2.48. The number of rotatable bonds is 3. The Hall–Kier alpha value is -2.17.